The number of nitrogens with zero attached hydrogens (tertiary/aromatic N) is 1. The zero-order chi connectivity index (χ0) is 20.8. The molecule has 0 atom stereocenters. The van der Waals surface area contributed by atoms with Crippen LogP contribution in [0.1, 0.15) is 15.2 Å². The maximum Gasteiger partial charge on any atom is 0.269 e. The second-order valence-corrected chi connectivity index (χ2v) is 7.55. The van der Waals surface area contributed by atoms with Crippen molar-refractivity contribution in [1.29, 1.82) is 0 Å². The molecule has 2 amide bonds. The summed E-state index contributed by atoms with van der Waals surface area (Å²) in [5.74, 6) is -1.12. The van der Waals surface area contributed by atoms with Crippen molar-refractivity contribution in [2.24, 2.45) is 0 Å². The predicted octanol–water partition coefficient (Wildman–Crippen LogP) is 4.09. The Hall–Kier alpha value is -3.45. The normalized spacial score (nSPS) is 10.7. The van der Waals surface area contributed by atoms with Gasteiger partial charge in [-0.1, -0.05) is 18.2 Å². The summed E-state index contributed by atoms with van der Waals surface area (Å²) in [6, 6.07) is 17.1. The van der Waals surface area contributed by atoms with E-state index in [0.717, 1.165) is 21.0 Å². The van der Waals surface area contributed by atoms with E-state index in [2.05, 4.69) is 10.9 Å². The van der Waals surface area contributed by atoms with Crippen LogP contribution in [-0.2, 0) is 4.79 Å². The molecule has 3 aromatic rings. The molecule has 7 heteroatoms. The molecule has 3 rings (SSSR count). The molecular formula is C22H20FN3O2S. The summed E-state index contributed by atoms with van der Waals surface area (Å²) in [6.07, 6.45) is 3.00. The number of anilines is 1. The number of hydrogen-bond acceptors (Lipinski definition) is 4. The monoisotopic (exact) mass is 409 g/mol. The van der Waals surface area contributed by atoms with Crippen molar-refractivity contribution >= 4 is 34.9 Å². The maximum absolute atomic E-state index is 13.0. The fourth-order valence-corrected chi connectivity index (χ4v) is 3.44. The van der Waals surface area contributed by atoms with Gasteiger partial charge in [-0.3, -0.25) is 20.4 Å². The minimum atomic E-state index is -0.446. The average Bonchev–Trinajstić information content (AvgIpc) is 3.20. The third-order valence-electron chi connectivity index (χ3n) is 4.08. The fourth-order valence-electron chi connectivity index (χ4n) is 2.53. The number of carbonyl (C=O) groups excluding carboxylic acids is 2. The summed E-state index contributed by atoms with van der Waals surface area (Å²) in [5.41, 5.74) is 7.01. The molecule has 2 aromatic carbocycles. The van der Waals surface area contributed by atoms with Crippen LogP contribution in [0.25, 0.3) is 16.5 Å². The highest BCUT2D eigenvalue weighted by Crippen LogP contribution is 2.28. The highest BCUT2D eigenvalue weighted by Gasteiger charge is 2.08. The first-order valence-corrected chi connectivity index (χ1v) is 9.65. The standard InChI is InChI=1S/C22H20FN3O2S/c1-26(2)18-5-3-4-16(14-18)22(28)25-24-21(27)13-11-19-10-12-20(29-19)15-6-8-17(23)9-7-15/h3-14H,1-2H3,(H,24,27)(H,25,28)/b13-11+. The van der Waals surface area contributed by atoms with Crippen LogP contribution in [0.5, 0.6) is 0 Å². The number of benzene rings is 2. The summed E-state index contributed by atoms with van der Waals surface area (Å²) in [7, 11) is 3.77. The second-order valence-electron chi connectivity index (χ2n) is 6.43. The van der Waals surface area contributed by atoms with Crippen LogP contribution < -0.4 is 15.8 Å². The summed E-state index contributed by atoms with van der Waals surface area (Å²) in [5, 5.41) is 0. The minimum absolute atomic E-state index is 0.280. The van der Waals surface area contributed by atoms with Crippen molar-refractivity contribution < 1.29 is 14.0 Å². The molecule has 0 aliphatic rings. The van der Waals surface area contributed by atoms with Crippen molar-refractivity contribution in [2.75, 3.05) is 19.0 Å². The number of rotatable bonds is 5. The molecule has 148 valence electrons. The van der Waals surface area contributed by atoms with Crippen LogP contribution in [0.15, 0.2) is 66.7 Å². The number of carbonyl (C=O) groups is 2. The Bertz CT molecular complexity index is 1040. The SMILES string of the molecule is CN(C)c1cccc(C(=O)NNC(=O)/C=C/c2ccc(-c3ccc(F)cc3)s2)c1. The van der Waals surface area contributed by atoms with Crippen LogP contribution in [0.2, 0.25) is 0 Å². The van der Waals surface area contributed by atoms with E-state index in [-0.39, 0.29) is 5.82 Å². The number of nitrogens with one attached hydrogen (secondary N) is 2. The van der Waals surface area contributed by atoms with E-state index in [1.807, 2.05) is 37.2 Å². The first-order valence-electron chi connectivity index (χ1n) is 8.84. The third kappa shape index (κ3) is 5.52. The van der Waals surface area contributed by atoms with Gasteiger partial charge in [0.05, 0.1) is 0 Å². The molecule has 0 saturated carbocycles. The molecule has 1 aromatic heterocycles. The molecule has 0 spiro atoms. The van der Waals surface area contributed by atoms with Gasteiger partial charge in [-0.25, -0.2) is 4.39 Å². The van der Waals surface area contributed by atoms with Gasteiger partial charge in [-0.2, -0.15) is 0 Å². The Morgan fingerprint density at radius 1 is 1.00 bits per heavy atom. The lowest BCUT2D eigenvalue weighted by Crippen LogP contribution is -2.40. The lowest BCUT2D eigenvalue weighted by Gasteiger charge is -2.13. The van der Waals surface area contributed by atoms with Gasteiger partial charge in [0.1, 0.15) is 5.82 Å². The Labute approximate surface area is 172 Å². The zero-order valence-electron chi connectivity index (χ0n) is 16.0. The molecule has 29 heavy (non-hydrogen) atoms. The molecule has 0 aliphatic carbocycles. The van der Waals surface area contributed by atoms with Gasteiger partial charge in [-0.05, 0) is 54.1 Å². The van der Waals surface area contributed by atoms with E-state index in [9.17, 15) is 14.0 Å². The Morgan fingerprint density at radius 3 is 2.48 bits per heavy atom. The summed E-state index contributed by atoms with van der Waals surface area (Å²) < 4.78 is 13.0. The van der Waals surface area contributed by atoms with Crippen LogP contribution in [0, 0.1) is 5.82 Å². The average molecular weight is 409 g/mol. The van der Waals surface area contributed by atoms with Crippen molar-refractivity contribution in [3.05, 3.63) is 83.0 Å². The van der Waals surface area contributed by atoms with E-state index >= 15 is 0 Å². The van der Waals surface area contributed by atoms with Crippen LogP contribution >= 0.6 is 11.3 Å². The number of amides is 2. The molecule has 0 bridgehead atoms. The van der Waals surface area contributed by atoms with Gasteiger partial charge in [0.15, 0.2) is 0 Å². The largest absolute Gasteiger partial charge is 0.378 e. The summed E-state index contributed by atoms with van der Waals surface area (Å²) in [6.45, 7) is 0. The molecule has 0 saturated heterocycles. The quantitative estimate of drug-likeness (QED) is 0.493. The van der Waals surface area contributed by atoms with E-state index in [4.69, 9.17) is 0 Å². The summed E-state index contributed by atoms with van der Waals surface area (Å²) in [4.78, 5) is 27.9. The van der Waals surface area contributed by atoms with Gasteiger partial charge < -0.3 is 4.90 Å². The van der Waals surface area contributed by atoms with Gasteiger partial charge in [-0.15, -0.1) is 11.3 Å². The Balaban J connectivity index is 1.55. The van der Waals surface area contributed by atoms with Crippen LogP contribution in [-0.4, -0.2) is 25.9 Å². The third-order valence-corrected chi connectivity index (χ3v) is 5.18. The minimum Gasteiger partial charge on any atom is -0.378 e. The van der Waals surface area contributed by atoms with Crippen molar-refractivity contribution in [1.82, 2.24) is 10.9 Å². The van der Waals surface area contributed by atoms with E-state index in [1.54, 1.807) is 36.4 Å². The maximum atomic E-state index is 13.0. The number of thiophene rings is 1. The van der Waals surface area contributed by atoms with Crippen molar-refractivity contribution in [3.63, 3.8) is 0 Å². The highest BCUT2D eigenvalue weighted by molar-refractivity contribution is 7.16. The molecular weight excluding hydrogens is 389 g/mol. The molecule has 1 heterocycles. The van der Waals surface area contributed by atoms with Crippen LogP contribution in [0.4, 0.5) is 10.1 Å². The van der Waals surface area contributed by atoms with E-state index in [0.29, 0.717) is 5.56 Å². The Morgan fingerprint density at radius 2 is 1.76 bits per heavy atom. The van der Waals surface area contributed by atoms with Gasteiger partial charge in [0, 0.05) is 41.2 Å². The summed E-state index contributed by atoms with van der Waals surface area (Å²) >= 11 is 1.48. The lowest BCUT2D eigenvalue weighted by atomic mass is 10.2. The lowest BCUT2D eigenvalue weighted by molar-refractivity contribution is -0.117. The van der Waals surface area contributed by atoms with Gasteiger partial charge in [0.25, 0.3) is 11.8 Å². The topological polar surface area (TPSA) is 61.4 Å². The molecule has 0 radical (unpaired) electrons. The molecule has 0 fully saturated rings. The molecule has 0 aliphatic heterocycles. The molecule has 2 N–H and O–H groups in total. The van der Waals surface area contributed by atoms with Gasteiger partial charge in [0.2, 0.25) is 0 Å². The van der Waals surface area contributed by atoms with Crippen molar-refractivity contribution in [2.45, 2.75) is 0 Å². The fraction of sp³-hybridized carbons (Fsp3) is 0.0909. The first-order chi connectivity index (χ1) is 13.9. The first kappa shape index (κ1) is 20.3. The van der Waals surface area contributed by atoms with Crippen molar-refractivity contribution in [3.8, 4) is 10.4 Å². The predicted molar refractivity (Wildman–Crippen MR) is 115 cm³/mol. The number of hydrazine groups is 1. The van der Waals surface area contributed by atoms with E-state index in [1.165, 1.54) is 29.5 Å². The second kappa shape index (κ2) is 9.16. The number of hydrogen-bond donors (Lipinski definition) is 2. The zero-order valence-corrected chi connectivity index (χ0v) is 16.8. The highest BCUT2D eigenvalue weighted by atomic mass is 32.1. The Kier molecular flexibility index (Phi) is 6.41. The van der Waals surface area contributed by atoms with Crippen LogP contribution in [0.3, 0.4) is 0 Å². The van der Waals surface area contributed by atoms with E-state index < -0.39 is 11.8 Å². The smallest absolute Gasteiger partial charge is 0.269 e. The van der Waals surface area contributed by atoms with Gasteiger partial charge >= 0.3 is 0 Å². The molecule has 5 nitrogen and oxygen atoms in total. The number of halogens is 1. The molecule has 0 unspecified atom stereocenters.